The number of benzene rings is 3. The fraction of sp³-hybridized carbons (Fsp3) is 0.158. The van der Waals surface area contributed by atoms with Gasteiger partial charge in [-0.3, -0.25) is 0 Å². The second-order valence-electron chi connectivity index (χ2n) is 5.47. The highest BCUT2D eigenvalue weighted by Gasteiger charge is 2.16. The molecule has 0 saturated heterocycles. The van der Waals surface area contributed by atoms with Crippen LogP contribution in [-0.2, 0) is 6.42 Å². The molecule has 0 fully saturated rings. The van der Waals surface area contributed by atoms with Gasteiger partial charge < -0.3 is 9.84 Å². The van der Waals surface area contributed by atoms with E-state index < -0.39 is 6.10 Å². The van der Waals surface area contributed by atoms with Crippen LogP contribution >= 0.6 is 0 Å². The van der Waals surface area contributed by atoms with Crippen LogP contribution in [0.3, 0.4) is 0 Å². The minimum atomic E-state index is -0.597. The van der Waals surface area contributed by atoms with E-state index in [0.717, 1.165) is 35.3 Å². The van der Waals surface area contributed by atoms with Crippen LogP contribution in [0.15, 0.2) is 60.7 Å². The molecule has 4 rings (SSSR count). The summed E-state index contributed by atoms with van der Waals surface area (Å²) in [5.41, 5.74) is 3.04. The van der Waals surface area contributed by atoms with Crippen molar-refractivity contribution in [1.29, 1.82) is 0 Å². The van der Waals surface area contributed by atoms with Crippen LogP contribution in [0.2, 0.25) is 0 Å². The molecule has 1 N–H and O–H groups in total. The van der Waals surface area contributed by atoms with Crippen LogP contribution in [0.5, 0.6) is 5.75 Å². The van der Waals surface area contributed by atoms with E-state index in [1.54, 1.807) is 0 Å². The van der Waals surface area contributed by atoms with Crippen molar-refractivity contribution < 1.29 is 9.84 Å². The van der Waals surface area contributed by atoms with Gasteiger partial charge in [0.05, 0.1) is 6.61 Å². The molecular formula is C19H16O2. The molecular weight excluding hydrogens is 260 g/mol. The van der Waals surface area contributed by atoms with Crippen LogP contribution in [0.25, 0.3) is 10.8 Å². The third-order valence-corrected chi connectivity index (χ3v) is 4.12. The first-order chi connectivity index (χ1) is 10.3. The second kappa shape index (κ2) is 4.90. The van der Waals surface area contributed by atoms with E-state index in [0.29, 0.717) is 0 Å². The predicted molar refractivity (Wildman–Crippen MR) is 83.7 cm³/mol. The van der Waals surface area contributed by atoms with Gasteiger partial charge in [0.25, 0.3) is 0 Å². The molecule has 0 amide bonds. The normalized spacial score (nSPS) is 14.7. The summed E-state index contributed by atoms with van der Waals surface area (Å²) in [6.45, 7) is 0.741. The summed E-state index contributed by atoms with van der Waals surface area (Å²) < 4.78 is 5.51. The lowest BCUT2D eigenvalue weighted by Gasteiger charge is -2.13. The van der Waals surface area contributed by atoms with E-state index in [1.165, 1.54) is 10.9 Å². The van der Waals surface area contributed by atoms with Crippen LogP contribution in [0, 0.1) is 0 Å². The number of ether oxygens (including phenoxy) is 1. The maximum atomic E-state index is 10.6. The first kappa shape index (κ1) is 12.4. The summed E-state index contributed by atoms with van der Waals surface area (Å²) in [6, 6.07) is 20.3. The Balaban J connectivity index is 1.73. The predicted octanol–water partition coefficient (Wildman–Crippen LogP) is 3.86. The zero-order chi connectivity index (χ0) is 14.2. The first-order valence-corrected chi connectivity index (χ1v) is 7.24. The fourth-order valence-electron chi connectivity index (χ4n) is 2.95. The summed E-state index contributed by atoms with van der Waals surface area (Å²) in [5, 5.41) is 13.0. The molecule has 0 aliphatic carbocycles. The SMILES string of the molecule is OC(c1ccc2c(c1)CCO2)c1ccc2ccccc2c1. The third-order valence-electron chi connectivity index (χ3n) is 4.12. The molecule has 1 aliphatic heterocycles. The van der Waals surface area contributed by atoms with Crippen molar-refractivity contribution in [1.82, 2.24) is 0 Å². The van der Waals surface area contributed by atoms with Crippen LogP contribution in [-0.4, -0.2) is 11.7 Å². The lowest BCUT2D eigenvalue weighted by molar-refractivity contribution is 0.220. The van der Waals surface area contributed by atoms with Gasteiger partial charge in [0.1, 0.15) is 11.9 Å². The van der Waals surface area contributed by atoms with E-state index in [4.69, 9.17) is 4.74 Å². The van der Waals surface area contributed by atoms with Crippen molar-refractivity contribution in [3.63, 3.8) is 0 Å². The molecule has 104 valence electrons. The Morgan fingerprint density at radius 3 is 2.52 bits per heavy atom. The Hall–Kier alpha value is -2.32. The first-order valence-electron chi connectivity index (χ1n) is 7.24. The average Bonchev–Trinajstić information content (AvgIpc) is 3.01. The molecule has 0 radical (unpaired) electrons. The number of hydrogen-bond acceptors (Lipinski definition) is 2. The third kappa shape index (κ3) is 2.18. The standard InChI is InChI=1S/C19H16O2/c20-19(17-7-8-18-15(12-17)9-10-21-18)16-6-5-13-3-1-2-4-14(13)11-16/h1-8,11-12,19-20H,9-10H2. The molecule has 1 heterocycles. The highest BCUT2D eigenvalue weighted by atomic mass is 16.5. The molecule has 2 heteroatoms. The zero-order valence-corrected chi connectivity index (χ0v) is 11.6. The van der Waals surface area contributed by atoms with Gasteiger partial charge in [-0.25, -0.2) is 0 Å². The molecule has 1 aliphatic rings. The van der Waals surface area contributed by atoms with Crippen molar-refractivity contribution in [2.45, 2.75) is 12.5 Å². The molecule has 2 nitrogen and oxygen atoms in total. The molecule has 1 atom stereocenters. The number of hydrogen-bond donors (Lipinski definition) is 1. The highest BCUT2D eigenvalue weighted by Crippen LogP contribution is 2.31. The Bertz CT molecular complexity index is 808. The largest absolute Gasteiger partial charge is 0.493 e. The Labute approximate surface area is 123 Å². The summed E-state index contributed by atoms with van der Waals surface area (Å²) in [7, 11) is 0. The second-order valence-corrected chi connectivity index (χ2v) is 5.47. The smallest absolute Gasteiger partial charge is 0.122 e. The Morgan fingerprint density at radius 2 is 1.62 bits per heavy atom. The fourth-order valence-corrected chi connectivity index (χ4v) is 2.95. The number of aliphatic hydroxyl groups excluding tert-OH is 1. The van der Waals surface area contributed by atoms with E-state index >= 15 is 0 Å². The number of aliphatic hydroxyl groups is 1. The molecule has 21 heavy (non-hydrogen) atoms. The van der Waals surface area contributed by atoms with Crippen molar-refractivity contribution in [3.8, 4) is 5.75 Å². The molecule has 0 spiro atoms. The van der Waals surface area contributed by atoms with Gasteiger partial charge in [-0.15, -0.1) is 0 Å². The monoisotopic (exact) mass is 276 g/mol. The van der Waals surface area contributed by atoms with Gasteiger partial charge in [-0.1, -0.05) is 42.5 Å². The minimum Gasteiger partial charge on any atom is -0.493 e. The Morgan fingerprint density at radius 1 is 0.857 bits per heavy atom. The lowest BCUT2D eigenvalue weighted by Crippen LogP contribution is -2.00. The molecule has 0 saturated carbocycles. The molecule has 1 unspecified atom stereocenters. The van der Waals surface area contributed by atoms with Crippen molar-refractivity contribution >= 4 is 10.8 Å². The summed E-state index contributed by atoms with van der Waals surface area (Å²) in [4.78, 5) is 0. The number of rotatable bonds is 2. The van der Waals surface area contributed by atoms with E-state index in [1.807, 2.05) is 30.3 Å². The average molecular weight is 276 g/mol. The van der Waals surface area contributed by atoms with Crippen LogP contribution < -0.4 is 4.74 Å². The van der Waals surface area contributed by atoms with E-state index in [9.17, 15) is 5.11 Å². The molecule has 3 aromatic rings. The van der Waals surface area contributed by atoms with E-state index in [-0.39, 0.29) is 0 Å². The van der Waals surface area contributed by atoms with Gasteiger partial charge in [-0.05, 0) is 45.7 Å². The lowest BCUT2D eigenvalue weighted by atomic mass is 9.97. The summed E-state index contributed by atoms with van der Waals surface area (Å²) in [5.74, 6) is 0.949. The van der Waals surface area contributed by atoms with E-state index in [2.05, 4.69) is 30.3 Å². The maximum Gasteiger partial charge on any atom is 0.122 e. The summed E-state index contributed by atoms with van der Waals surface area (Å²) in [6.07, 6.45) is 0.327. The zero-order valence-electron chi connectivity index (χ0n) is 11.6. The van der Waals surface area contributed by atoms with Crippen molar-refractivity contribution in [2.75, 3.05) is 6.61 Å². The maximum absolute atomic E-state index is 10.6. The number of fused-ring (bicyclic) bond motifs is 2. The minimum absolute atomic E-state index is 0.597. The van der Waals surface area contributed by atoms with Gasteiger partial charge in [0.2, 0.25) is 0 Å². The topological polar surface area (TPSA) is 29.5 Å². The van der Waals surface area contributed by atoms with Gasteiger partial charge in [0, 0.05) is 6.42 Å². The van der Waals surface area contributed by atoms with Crippen molar-refractivity contribution in [3.05, 3.63) is 77.4 Å². The molecule has 0 bridgehead atoms. The van der Waals surface area contributed by atoms with Gasteiger partial charge in [-0.2, -0.15) is 0 Å². The summed E-state index contributed by atoms with van der Waals surface area (Å²) >= 11 is 0. The van der Waals surface area contributed by atoms with Crippen LogP contribution in [0.4, 0.5) is 0 Å². The Kier molecular flexibility index (Phi) is 2.90. The molecule has 3 aromatic carbocycles. The quantitative estimate of drug-likeness (QED) is 0.770. The highest BCUT2D eigenvalue weighted by molar-refractivity contribution is 5.83. The molecule has 0 aromatic heterocycles. The van der Waals surface area contributed by atoms with Gasteiger partial charge in [0.15, 0.2) is 0 Å². The van der Waals surface area contributed by atoms with Gasteiger partial charge >= 0.3 is 0 Å². The van der Waals surface area contributed by atoms with Crippen LogP contribution in [0.1, 0.15) is 22.8 Å². The van der Waals surface area contributed by atoms with Crippen molar-refractivity contribution in [2.24, 2.45) is 0 Å².